The molecule has 2 aromatic rings. The van der Waals surface area contributed by atoms with Gasteiger partial charge in [0.15, 0.2) is 0 Å². The van der Waals surface area contributed by atoms with Crippen LogP contribution in [0.1, 0.15) is 33.2 Å². The van der Waals surface area contributed by atoms with Crippen molar-refractivity contribution in [2.24, 2.45) is 0 Å². The molecule has 4 N–H and O–H groups in total. The highest BCUT2D eigenvalue weighted by molar-refractivity contribution is 5.96. The van der Waals surface area contributed by atoms with Gasteiger partial charge in [0.05, 0.1) is 17.2 Å². The van der Waals surface area contributed by atoms with E-state index in [0.717, 1.165) is 11.1 Å². The summed E-state index contributed by atoms with van der Waals surface area (Å²) in [5.74, 6) is -0.169. The first-order valence-corrected chi connectivity index (χ1v) is 7.53. The standard InChI is InChI=1S/C17H18N6O/c1-23(17(24)15-8-3-2-6-14(15)10-18)11-12-5-4-7-13(9-12)16-19-21-22-20-16/h2-9,16,19-22H,11H2,1H3. The van der Waals surface area contributed by atoms with Crippen LogP contribution in [0.25, 0.3) is 0 Å². The van der Waals surface area contributed by atoms with Gasteiger partial charge in [0.1, 0.15) is 6.17 Å². The Morgan fingerprint density at radius 3 is 2.67 bits per heavy atom. The second-order valence-corrected chi connectivity index (χ2v) is 5.54. The van der Waals surface area contributed by atoms with Gasteiger partial charge in [-0.2, -0.15) is 16.3 Å². The van der Waals surface area contributed by atoms with E-state index in [0.29, 0.717) is 17.7 Å². The van der Waals surface area contributed by atoms with Crippen LogP contribution < -0.4 is 21.9 Å². The lowest BCUT2D eigenvalue weighted by molar-refractivity contribution is 0.0784. The predicted octanol–water partition coefficient (Wildman–Crippen LogP) is 0.946. The molecule has 7 heteroatoms. The van der Waals surface area contributed by atoms with Gasteiger partial charge in [-0.25, -0.2) is 10.9 Å². The quantitative estimate of drug-likeness (QED) is 0.670. The van der Waals surface area contributed by atoms with Gasteiger partial charge in [0.2, 0.25) is 0 Å². The molecule has 7 nitrogen and oxygen atoms in total. The van der Waals surface area contributed by atoms with Gasteiger partial charge in [-0.15, -0.1) is 0 Å². The number of hydrazine groups is 3. The number of hydrogen-bond donors (Lipinski definition) is 4. The first kappa shape index (κ1) is 16.1. The average Bonchev–Trinajstić information content (AvgIpc) is 3.16. The lowest BCUT2D eigenvalue weighted by atomic mass is 10.1. The third kappa shape index (κ3) is 3.42. The number of carbonyl (C=O) groups excluding carboxylic acids is 1. The zero-order valence-corrected chi connectivity index (χ0v) is 13.2. The minimum Gasteiger partial charge on any atom is -0.337 e. The summed E-state index contributed by atoms with van der Waals surface area (Å²) < 4.78 is 0. The molecule has 1 saturated heterocycles. The summed E-state index contributed by atoms with van der Waals surface area (Å²) in [6, 6.07) is 16.9. The summed E-state index contributed by atoms with van der Waals surface area (Å²) in [4.78, 5) is 14.2. The molecule has 1 aliphatic rings. The first-order chi connectivity index (χ1) is 11.7. The monoisotopic (exact) mass is 322 g/mol. The smallest absolute Gasteiger partial charge is 0.255 e. The van der Waals surface area contributed by atoms with Crippen molar-refractivity contribution in [3.63, 3.8) is 0 Å². The van der Waals surface area contributed by atoms with Crippen molar-refractivity contribution in [2.75, 3.05) is 7.05 Å². The molecule has 0 radical (unpaired) electrons. The Bertz CT molecular complexity index is 779. The van der Waals surface area contributed by atoms with E-state index in [2.05, 4.69) is 28.0 Å². The van der Waals surface area contributed by atoms with E-state index < -0.39 is 0 Å². The Labute approximate surface area is 140 Å². The van der Waals surface area contributed by atoms with Crippen LogP contribution in [0.3, 0.4) is 0 Å². The number of amides is 1. The molecule has 0 aliphatic carbocycles. The topological polar surface area (TPSA) is 92.2 Å². The molecule has 0 atom stereocenters. The molecule has 3 rings (SSSR count). The van der Waals surface area contributed by atoms with E-state index in [1.54, 1.807) is 36.2 Å². The maximum Gasteiger partial charge on any atom is 0.255 e. The van der Waals surface area contributed by atoms with Gasteiger partial charge in [-0.1, -0.05) is 36.4 Å². The van der Waals surface area contributed by atoms with E-state index in [1.807, 2.05) is 24.3 Å². The molecule has 1 fully saturated rings. The largest absolute Gasteiger partial charge is 0.337 e. The number of rotatable bonds is 4. The summed E-state index contributed by atoms with van der Waals surface area (Å²) in [6.07, 6.45) is -0.0507. The molecule has 1 heterocycles. The number of benzene rings is 2. The van der Waals surface area contributed by atoms with E-state index >= 15 is 0 Å². The summed E-state index contributed by atoms with van der Waals surface area (Å²) in [7, 11) is 1.73. The lowest BCUT2D eigenvalue weighted by Crippen LogP contribution is -2.33. The molecule has 0 saturated carbocycles. The number of nitrogens with one attached hydrogen (secondary N) is 4. The number of carbonyl (C=O) groups is 1. The second kappa shape index (κ2) is 7.21. The highest BCUT2D eigenvalue weighted by atomic mass is 16.2. The molecular weight excluding hydrogens is 304 g/mol. The van der Waals surface area contributed by atoms with Crippen LogP contribution in [0.4, 0.5) is 0 Å². The summed E-state index contributed by atoms with van der Waals surface area (Å²) in [5, 5.41) is 9.15. The minimum absolute atomic E-state index is 0.0507. The van der Waals surface area contributed by atoms with Crippen molar-refractivity contribution in [1.29, 1.82) is 5.26 Å². The molecule has 24 heavy (non-hydrogen) atoms. The first-order valence-electron chi connectivity index (χ1n) is 7.53. The molecule has 2 aromatic carbocycles. The fourth-order valence-corrected chi connectivity index (χ4v) is 2.61. The summed E-state index contributed by atoms with van der Waals surface area (Å²) in [5.41, 5.74) is 14.5. The highest BCUT2D eigenvalue weighted by Gasteiger charge is 2.17. The number of nitriles is 1. The van der Waals surface area contributed by atoms with Gasteiger partial charge in [0.25, 0.3) is 5.91 Å². The zero-order valence-electron chi connectivity index (χ0n) is 13.2. The van der Waals surface area contributed by atoms with Crippen molar-refractivity contribution in [2.45, 2.75) is 12.7 Å². The van der Waals surface area contributed by atoms with E-state index in [9.17, 15) is 4.79 Å². The van der Waals surface area contributed by atoms with Gasteiger partial charge >= 0.3 is 0 Å². The van der Waals surface area contributed by atoms with Crippen LogP contribution >= 0.6 is 0 Å². The summed E-state index contributed by atoms with van der Waals surface area (Å²) in [6.45, 7) is 0.458. The number of nitrogens with zero attached hydrogens (tertiary/aromatic N) is 2. The van der Waals surface area contributed by atoms with Crippen molar-refractivity contribution >= 4 is 5.91 Å². The SMILES string of the molecule is CN(Cc1cccc(C2NNNN2)c1)C(=O)c1ccccc1C#N. The van der Waals surface area contributed by atoms with Gasteiger partial charge in [-0.05, 0) is 23.3 Å². The summed E-state index contributed by atoms with van der Waals surface area (Å²) >= 11 is 0. The maximum absolute atomic E-state index is 12.6. The molecule has 0 unspecified atom stereocenters. The van der Waals surface area contributed by atoms with Crippen molar-refractivity contribution < 1.29 is 4.79 Å². The average molecular weight is 322 g/mol. The van der Waals surface area contributed by atoms with Crippen LogP contribution in [0, 0.1) is 11.3 Å². The van der Waals surface area contributed by atoms with Crippen LogP contribution in [-0.2, 0) is 6.54 Å². The highest BCUT2D eigenvalue weighted by Crippen LogP contribution is 2.16. The predicted molar refractivity (Wildman–Crippen MR) is 88.7 cm³/mol. The Morgan fingerprint density at radius 1 is 1.17 bits per heavy atom. The van der Waals surface area contributed by atoms with Gasteiger partial charge in [-0.3, -0.25) is 4.79 Å². The Balaban J connectivity index is 1.75. The fraction of sp³-hybridized carbons (Fsp3) is 0.176. The van der Waals surface area contributed by atoms with Crippen molar-refractivity contribution in [1.82, 2.24) is 26.8 Å². The van der Waals surface area contributed by atoms with Crippen LogP contribution in [0.5, 0.6) is 0 Å². The van der Waals surface area contributed by atoms with Crippen LogP contribution in [0.2, 0.25) is 0 Å². The van der Waals surface area contributed by atoms with Crippen molar-refractivity contribution in [3.8, 4) is 6.07 Å². The molecule has 1 aliphatic heterocycles. The van der Waals surface area contributed by atoms with Crippen LogP contribution in [0.15, 0.2) is 48.5 Å². The third-order valence-electron chi connectivity index (χ3n) is 3.82. The molecule has 0 aromatic heterocycles. The van der Waals surface area contributed by atoms with E-state index in [-0.39, 0.29) is 12.1 Å². The van der Waals surface area contributed by atoms with Gasteiger partial charge in [0, 0.05) is 13.6 Å². The fourth-order valence-electron chi connectivity index (χ4n) is 2.61. The number of hydrogen-bond acceptors (Lipinski definition) is 6. The van der Waals surface area contributed by atoms with Crippen LogP contribution in [-0.4, -0.2) is 17.9 Å². The molecule has 0 spiro atoms. The van der Waals surface area contributed by atoms with Crippen molar-refractivity contribution in [3.05, 3.63) is 70.8 Å². The Hall–Kier alpha value is -2.76. The molecular formula is C17H18N6O. The Kier molecular flexibility index (Phi) is 4.84. The molecule has 0 bridgehead atoms. The lowest BCUT2D eigenvalue weighted by Gasteiger charge is -2.19. The van der Waals surface area contributed by atoms with E-state index in [1.165, 1.54) is 0 Å². The Morgan fingerprint density at radius 2 is 1.92 bits per heavy atom. The molecule has 1 amide bonds. The minimum atomic E-state index is -0.169. The second-order valence-electron chi connectivity index (χ2n) is 5.54. The zero-order chi connectivity index (χ0) is 16.9. The van der Waals surface area contributed by atoms with E-state index in [4.69, 9.17) is 5.26 Å². The molecule has 122 valence electrons. The normalized spacial score (nSPS) is 14.3. The third-order valence-corrected chi connectivity index (χ3v) is 3.82. The van der Waals surface area contributed by atoms with Gasteiger partial charge < -0.3 is 4.90 Å². The maximum atomic E-state index is 12.6.